The predicted octanol–water partition coefficient (Wildman–Crippen LogP) is 1.99. The van der Waals surface area contributed by atoms with Crippen LogP contribution in [-0.4, -0.2) is 41.4 Å². The number of hydrogen-bond donors (Lipinski definition) is 2. The summed E-state index contributed by atoms with van der Waals surface area (Å²) >= 11 is 0. The van der Waals surface area contributed by atoms with Crippen LogP contribution in [0.2, 0.25) is 0 Å². The lowest BCUT2D eigenvalue weighted by Gasteiger charge is -2.36. The summed E-state index contributed by atoms with van der Waals surface area (Å²) in [6, 6.07) is 5.87. The molecule has 0 aromatic heterocycles. The first-order chi connectivity index (χ1) is 12.4. The molecule has 2 N–H and O–H groups in total. The SMILES string of the molecule is C[C@@H]1CCCC[C@]12NC(=O)N(CC(=O)NCCc1ccccc1F)C2=O. The van der Waals surface area contributed by atoms with Crippen molar-refractivity contribution >= 4 is 17.8 Å². The molecule has 26 heavy (non-hydrogen) atoms. The second-order valence-corrected chi connectivity index (χ2v) is 7.13. The summed E-state index contributed by atoms with van der Waals surface area (Å²) in [5.74, 6) is -0.991. The maximum Gasteiger partial charge on any atom is 0.325 e. The van der Waals surface area contributed by atoms with Crippen LogP contribution in [0.3, 0.4) is 0 Å². The average Bonchev–Trinajstić information content (AvgIpc) is 2.84. The molecule has 1 spiro atoms. The molecule has 2 aliphatic rings. The number of amides is 4. The molecule has 4 amide bonds. The minimum absolute atomic E-state index is 0.0572. The molecule has 1 aliphatic carbocycles. The highest BCUT2D eigenvalue weighted by Gasteiger charge is 2.55. The number of rotatable bonds is 5. The average molecular weight is 361 g/mol. The second-order valence-electron chi connectivity index (χ2n) is 7.13. The zero-order valence-electron chi connectivity index (χ0n) is 14.9. The van der Waals surface area contributed by atoms with E-state index < -0.39 is 17.5 Å². The molecule has 1 aromatic rings. The van der Waals surface area contributed by atoms with E-state index >= 15 is 0 Å². The van der Waals surface area contributed by atoms with Crippen molar-refractivity contribution < 1.29 is 18.8 Å². The van der Waals surface area contributed by atoms with Crippen molar-refractivity contribution in [3.05, 3.63) is 35.6 Å². The first kappa shape index (κ1) is 18.4. The quantitative estimate of drug-likeness (QED) is 0.787. The molecular weight excluding hydrogens is 337 g/mol. The third-order valence-electron chi connectivity index (χ3n) is 5.48. The zero-order chi connectivity index (χ0) is 18.7. The van der Waals surface area contributed by atoms with Crippen molar-refractivity contribution in [3.8, 4) is 0 Å². The molecule has 140 valence electrons. The van der Waals surface area contributed by atoms with Crippen LogP contribution >= 0.6 is 0 Å². The van der Waals surface area contributed by atoms with Crippen LogP contribution in [-0.2, 0) is 16.0 Å². The van der Waals surface area contributed by atoms with Gasteiger partial charge in [-0.05, 0) is 36.8 Å². The van der Waals surface area contributed by atoms with Crippen molar-refractivity contribution in [1.29, 1.82) is 0 Å². The molecule has 1 aromatic carbocycles. The molecule has 0 radical (unpaired) electrons. The van der Waals surface area contributed by atoms with Crippen molar-refractivity contribution in [2.24, 2.45) is 5.92 Å². The molecule has 1 saturated heterocycles. The van der Waals surface area contributed by atoms with E-state index in [0.29, 0.717) is 18.4 Å². The normalized spacial score (nSPS) is 25.5. The Kier molecular flexibility index (Phi) is 5.25. The molecule has 6 nitrogen and oxygen atoms in total. The van der Waals surface area contributed by atoms with Crippen LogP contribution in [0.15, 0.2) is 24.3 Å². The monoisotopic (exact) mass is 361 g/mol. The van der Waals surface area contributed by atoms with Gasteiger partial charge in [0.05, 0.1) is 0 Å². The topological polar surface area (TPSA) is 78.5 Å². The van der Waals surface area contributed by atoms with Crippen LogP contribution in [0.4, 0.5) is 9.18 Å². The first-order valence-electron chi connectivity index (χ1n) is 9.08. The molecule has 2 atom stereocenters. The highest BCUT2D eigenvalue weighted by molar-refractivity contribution is 6.09. The second kappa shape index (κ2) is 7.43. The van der Waals surface area contributed by atoms with Crippen LogP contribution < -0.4 is 10.6 Å². The van der Waals surface area contributed by atoms with Crippen LogP contribution in [0.1, 0.15) is 38.2 Å². The Morgan fingerprint density at radius 1 is 1.35 bits per heavy atom. The van der Waals surface area contributed by atoms with Crippen LogP contribution in [0.5, 0.6) is 0 Å². The Morgan fingerprint density at radius 2 is 2.12 bits per heavy atom. The van der Waals surface area contributed by atoms with E-state index in [4.69, 9.17) is 0 Å². The van der Waals surface area contributed by atoms with Crippen molar-refractivity contribution in [2.75, 3.05) is 13.1 Å². The van der Waals surface area contributed by atoms with E-state index in [1.54, 1.807) is 18.2 Å². The van der Waals surface area contributed by atoms with E-state index in [-0.39, 0.29) is 30.7 Å². The smallest absolute Gasteiger partial charge is 0.325 e. The minimum atomic E-state index is -0.858. The highest BCUT2D eigenvalue weighted by Crippen LogP contribution is 2.38. The first-order valence-corrected chi connectivity index (χ1v) is 9.08. The number of carbonyl (C=O) groups is 3. The number of nitrogens with one attached hydrogen (secondary N) is 2. The van der Waals surface area contributed by atoms with Gasteiger partial charge >= 0.3 is 6.03 Å². The molecule has 1 heterocycles. The van der Waals surface area contributed by atoms with Crippen LogP contribution in [0, 0.1) is 11.7 Å². The number of halogens is 1. The summed E-state index contributed by atoms with van der Waals surface area (Å²) in [5, 5.41) is 5.47. The molecule has 7 heteroatoms. The van der Waals surface area contributed by atoms with Crippen molar-refractivity contribution in [3.63, 3.8) is 0 Å². The molecule has 1 aliphatic heterocycles. The lowest BCUT2D eigenvalue weighted by molar-refractivity contribution is -0.137. The van der Waals surface area contributed by atoms with Crippen molar-refractivity contribution in [1.82, 2.24) is 15.5 Å². The van der Waals surface area contributed by atoms with Crippen LogP contribution in [0.25, 0.3) is 0 Å². The fourth-order valence-corrected chi connectivity index (χ4v) is 3.88. The Labute approximate surface area is 152 Å². The fourth-order valence-electron chi connectivity index (χ4n) is 3.88. The van der Waals surface area contributed by atoms with Gasteiger partial charge in [-0.25, -0.2) is 9.18 Å². The fraction of sp³-hybridized carbons (Fsp3) is 0.526. The van der Waals surface area contributed by atoms with Gasteiger partial charge in [0.15, 0.2) is 0 Å². The van der Waals surface area contributed by atoms with Gasteiger partial charge in [0, 0.05) is 6.54 Å². The predicted molar refractivity (Wildman–Crippen MR) is 93.7 cm³/mol. The lowest BCUT2D eigenvalue weighted by Crippen LogP contribution is -2.54. The summed E-state index contributed by atoms with van der Waals surface area (Å²) in [6.07, 6.45) is 3.78. The number of urea groups is 1. The van der Waals surface area contributed by atoms with Gasteiger partial charge in [-0.15, -0.1) is 0 Å². The van der Waals surface area contributed by atoms with E-state index in [0.717, 1.165) is 24.2 Å². The zero-order valence-corrected chi connectivity index (χ0v) is 14.9. The third kappa shape index (κ3) is 3.43. The van der Waals surface area contributed by atoms with E-state index in [1.807, 2.05) is 6.92 Å². The van der Waals surface area contributed by atoms with Gasteiger partial charge in [-0.3, -0.25) is 14.5 Å². The number of nitrogens with zero attached hydrogens (tertiary/aromatic N) is 1. The molecule has 2 fully saturated rings. The maximum atomic E-state index is 13.6. The Hall–Kier alpha value is -2.44. The molecule has 1 saturated carbocycles. The maximum absolute atomic E-state index is 13.6. The van der Waals surface area contributed by atoms with E-state index in [9.17, 15) is 18.8 Å². The molecular formula is C19H24FN3O3. The van der Waals surface area contributed by atoms with Gasteiger partial charge in [-0.1, -0.05) is 38.0 Å². The van der Waals surface area contributed by atoms with Gasteiger partial charge < -0.3 is 10.6 Å². The summed E-state index contributed by atoms with van der Waals surface area (Å²) in [5.41, 5.74) is -0.347. The molecule has 0 bridgehead atoms. The van der Waals surface area contributed by atoms with E-state index in [1.165, 1.54) is 6.07 Å². The largest absolute Gasteiger partial charge is 0.354 e. The van der Waals surface area contributed by atoms with Gasteiger partial charge in [0.1, 0.15) is 17.9 Å². The standard InChI is InChI=1S/C19H24FN3O3/c1-13-6-4-5-10-19(13)17(25)23(18(26)22-19)12-16(24)21-11-9-14-7-2-3-8-15(14)20/h2-3,7-8,13H,4-6,9-12H2,1H3,(H,21,24)(H,22,26)/t13-,19+/m1/s1. The molecule has 3 rings (SSSR count). The Bertz CT molecular complexity index is 724. The highest BCUT2D eigenvalue weighted by atomic mass is 19.1. The van der Waals surface area contributed by atoms with E-state index in [2.05, 4.69) is 10.6 Å². The van der Waals surface area contributed by atoms with Gasteiger partial charge in [-0.2, -0.15) is 0 Å². The lowest BCUT2D eigenvalue weighted by atomic mass is 9.73. The van der Waals surface area contributed by atoms with Gasteiger partial charge in [0.25, 0.3) is 5.91 Å². The molecule has 0 unspecified atom stereocenters. The third-order valence-corrected chi connectivity index (χ3v) is 5.48. The summed E-state index contributed by atoms with van der Waals surface area (Å²) in [6.45, 7) is 1.90. The Morgan fingerprint density at radius 3 is 2.85 bits per heavy atom. The van der Waals surface area contributed by atoms with Gasteiger partial charge in [0.2, 0.25) is 5.91 Å². The summed E-state index contributed by atoms with van der Waals surface area (Å²) in [4.78, 5) is 38.2. The summed E-state index contributed by atoms with van der Waals surface area (Å²) < 4.78 is 13.6. The number of benzene rings is 1. The Balaban J connectivity index is 1.55. The summed E-state index contributed by atoms with van der Waals surface area (Å²) in [7, 11) is 0. The van der Waals surface area contributed by atoms with Crippen molar-refractivity contribution in [2.45, 2.75) is 44.6 Å². The minimum Gasteiger partial charge on any atom is -0.354 e. The number of hydrogen-bond acceptors (Lipinski definition) is 3. The number of imide groups is 1. The number of carbonyl (C=O) groups excluding carboxylic acids is 3.